The van der Waals surface area contributed by atoms with Crippen LogP contribution in [0, 0.1) is 0 Å². The minimum Gasteiger partial charge on any atom is -0.481 e. The van der Waals surface area contributed by atoms with Gasteiger partial charge in [0.15, 0.2) is 0 Å². The van der Waals surface area contributed by atoms with Crippen LogP contribution in [-0.2, 0) is 14.3 Å². The second kappa shape index (κ2) is 31.2. The zero-order valence-electron chi connectivity index (χ0n) is 25.9. The Morgan fingerprint density at radius 2 is 1.05 bits per heavy atom. The van der Waals surface area contributed by atoms with E-state index in [1.807, 2.05) is 0 Å². The maximum absolute atomic E-state index is 12.2. The van der Waals surface area contributed by atoms with Crippen LogP contribution in [0.4, 0.5) is 0 Å². The van der Waals surface area contributed by atoms with E-state index in [4.69, 9.17) is 4.74 Å². The summed E-state index contributed by atoms with van der Waals surface area (Å²) in [7, 11) is 0. The highest BCUT2D eigenvalue weighted by atomic mass is 16.5. The number of hydrogen-bond acceptors (Lipinski definition) is 3. The Labute approximate surface area is 246 Å². The van der Waals surface area contributed by atoms with Crippen molar-refractivity contribution >= 4 is 11.9 Å². The van der Waals surface area contributed by atoms with Crippen molar-refractivity contribution in [3.05, 3.63) is 60.8 Å². The van der Waals surface area contributed by atoms with E-state index in [-0.39, 0.29) is 12.4 Å². The van der Waals surface area contributed by atoms with E-state index in [2.05, 4.69) is 74.6 Å². The molecular weight excluding hydrogens is 496 g/mol. The van der Waals surface area contributed by atoms with Gasteiger partial charge in [0, 0.05) is 6.42 Å². The van der Waals surface area contributed by atoms with Crippen molar-refractivity contribution in [2.75, 3.05) is 0 Å². The number of carboxylic acid groups (broad SMARTS) is 1. The van der Waals surface area contributed by atoms with Gasteiger partial charge in [-0.2, -0.15) is 0 Å². The first-order chi connectivity index (χ1) is 19.6. The Hall–Kier alpha value is -2.36. The van der Waals surface area contributed by atoms with E-state index in [1.54, 1.807) is 0 Å². The lowest BCUT2D eigenvalue weighted by Crippen LogP contribution is -2.21. The smallest absolute Gasteiger partial charge is 0.307 e. The Kier molecular flexibility index (Phi) is 29.3. The van der Waals surface area contributed by atoms with Gasteiger partial charge in [0.25, 0.3) is 0 Å². The van der Waals surface area contributed by atoms with E-state index in [0.717, 1.165) is 57.8 Å². The van der Waals surface area contributed by atoms with E-state index in [0.29, 0.717) is 12.8 Å². The molecule has 0 spiro atoms. The minimum absolute atomic E-state index is 0.0989. The van der Waals surface area contributed by atoms with Crippen LogP contribution in [-0.4, -0.2) is 23.1 Å². The zero-order chi connectivity index (χ0) is 29.4. The van der Waals surface area contributed by atoms with Crippen LogP contribution in [0.15, 0.2) is 60.8 Å². The molecule has 0 rings (SSSR count). The van der Waals surface area contributed by atoms with Crippen LogP contribution in [0.1, 0.15) is 149 Å². The van der Waals surface area contributed by atoms with Crippen LogP contribution in [0.25, 0.3) is 0 Å². The van der Waals surface area contributed by atoms with Gasteiger partial charge in [0.2, 0.25) is 0 Å². The normalized spacial score (nSPS) is 13.1. The maximum Gasteiger partial charge on any atom is 0.307 e. The van der Waals surface area contributed by atoms with Gasteiger partial charge in [-0.25, -0.2) is 0 Å². The summed E-state index contributed by atoms with van der Waals surface area (Å²) in [5.74, 6) is -1.18. The van der Waals surface area contributed by atoms with Crippen molar-refractivity contribution in [1.29, 1.82) is 0 Å². The van der Waals surface area contributed by atoms with Gasteiger partial charge in [-0.1, -0.05) is 139 Å². The molecule has 40 heavy (non-hydrogen) atoms. The number of esters is 1. The van der Waals surface area contributed by atoms with Gasteiger partial charge in [-0.05, 0) is 57.8 Å². The number of carbonyl (C=O) groups is 2. The molecule has 0 fully saturated rings. The van der Waals surface area contributed by atoms with Gasteiger partial charge < -0.3 is 9.84 Å². The van der Waals surface area contributed by atoms with Crippen molar-refractivity contribution in [3.63, 3.8) is 0 Å². The summed E-state index contributed by atoms with van der Waals surface area (Å²) < 4.78 is 5.51. The molecule has 0 aromatic rings. The number of allylic oxidation sites excluding steroid dienone is 10. The van der Waals surface area contributed by atoms with Gasteiger partial charge in [-0.3, -0.25) is 9.59 Å². The molecule has 0 aliphatic heterocycles. The molecular formula is C36H60O4. The molecule has 0 aromatic heterocycles. The minimum atomic E-state index is -0.903. The predicted octanol–water partition coefficient (Wildman–Crippen LogP) is 11.0. The van der Waals surface area contributed by atoms with Crippen molar-refractivity contribution in [3.8, 4) is 0 Å². The molecule has 1 unspecified atom stereocenters. The third kappa shape index (κ3) is 30.2. The molecule has 0 bridgehead atoms. The van der Waals surface area contributed by atoms with Gasteiger partial charge in [0.1, 0.15) is 6.10 Å². The highest BCUT2D eigenvalue weighted by Crippen LogP contribution is 2.16. The van der Waals surface area contributed by atoms with Crippen LogP contribution in [0.3, 0.4) is 0 Å². The van der Waals surface area contributed by atoms with E-state index in [1.165, 1.54) is 57.8 Å². The number of hydrogen-bond donors (Lipinski definition) is 1. The molecule has 0 aliphatic rings. The molecule has 0 aliphatic carbocycles. The van der Waals surface area contributed by atoms with E-state index < -0.39 is 12.1 Å². The average Bonchev–Trinajstić information content (AvgIpc) is 2.93. The lowest BCUT2D eigenvalue weighted by Gasteiger charge is -2.16. The Morgan fingerprint density at radius 3 is 1.52 bits per heavy atom. The highest BCUT2D eigenvalue weighted by molar-refractivity contribution is 5.71. The summed E-state index contributed by atoms with van der Waals surface area (Å²) in [5, 5.41) is 9.19. The van der Waals surface area contributed by atoms with Gasteiger partial charge >= 0.3 is 11.9 Å². The van der Waals surface area contributed by atoms with Crippen molar-refractivity contribution in [2.24, 2.45) is 0 Å². The molecule has 1 N–H and O–H groups in total. The quantitative estimate of drug-likeness (QED) is 0.0591. The first kappa shape index (κ1) is 37.6. The Balaban J connectivity index is 3.86. The molecule has 0 radical (unpaired) electrons. The second-order valence-electron chi connectivity index (χ2n) is 10.6. The molecule has 0 heterocycles. The standard InChI is InChI=1S/C36H60O4/c1-3-5-7-9-11-13-15-16-17-18-19-20-22-24-26-28-30-32-36(39)40-34(33-35(37)38)31-29-27-25-23-21-14-12-10-8-6-4-2/h5,7,11,13,16-17,19-20,24,26,34H,3-4,6,8-10,12,14-15,18,21-23,25,27-33H2,1-2H3,(H,37,38)/b7-5-,13-11-,17-16-,20-19-,26-24-. The number of carbonyl (C=O) groups excluding carboxylic acids is 1. The first-order valence-corrected chi connectivity index (χ1v) is 16.3. The first-order valence-electron chi connectivity index (χ1n) is 16.3. The summed E-state index contributed by atoms with van der Waals surface area (Å²) in [4.78, 5) is 23.4. The molecule has 0 aromatic carbocycles. The summed E-state index contributed by atoms with van der Waals surface area (Å²) in [6.07, 6.45) is 42.3. The molecule has 0 amide bonds. The van der Waals surface area contributed by atoms with Crippen molar-refractivity contribution in [1.82, 2.24) is 0 Å². The molecule has 0 saturated carbocycles. The summed E-state index contributed by atoms with van der Waals surface area (Å²) >= 11 is 0. The van der Waals surface area contributed by atoms with E-state index in [9.17, 15) is 14.7 Å². The maximum atomic E-state index is 12.2. The summed E-state index contributed by atoms with van der Waals surface area (Å²) in [6.45, 7) is 4.39. The fourth-order valence-electron chi connectivity index (χ4n) is 4.41. The van der Waals surface area contributed by atoms with Gasteiger partial charge in [-0.15, -0.1) is 0 Å². The number of aliphatic carboxylic acids is 1. The Morgan fingerprint density at radius 1 is 0.600 bits per heavy atom. The van der Waals surface area contributed by atoms with Gasteiger partial charge in [0.05, 0.1) is 6.42 Å². The number of carboxylic acids is 1. The third-order valence-corrected chi connectivity index (χ3v) is 6.74. The van der Waals surface area contributed by atoms with Crippen LogP contribution in [0.5, 0.6) is 0 Å². The third-order valence-electron chi connectivity index (χ3n) is 6.74. The predicted molar refractivity (Wildman–Crippen MR) is 172 cm³/mol. The highest BCUT2D eigenvalue weighted by Gasteiger charge is 2.17. The fourth-order valence-corrected chi connectivity index (χ4v) is 4.41. The monoisotopic (exact) mass is 556 g/mol. The molecule has 4 heteroatoms. The second-order valence-corrected chi connectivity index (χ2v) is 10.6. The molecule has 0 saturated heterocycles. The van der Waals surface area contributed by atoms with Crippen LogP contribution in [0.2, 0.25) is 0 Å². The summed E-state index contributed by atoms with van der Waals surface area (Å²) in [5.41, 5.74) is 0. The number of unbranched alkanes of at least 4 members (excludes halogenated alkanes) is 11. The van der Waals surface area contributed by atoms with Crippen LogP contribution < -0.4 is 0 Å². The van der Waals surface area contributed by atoms with Crippen molar-refractivity contribution < 1.29 is 19.4 Å². The topological polar surface area (TPSA) is 63.6 Å². The average molecular weight is 557 g/mol. The zero-order valence-corrected chi connectivity index (χ0v) is 25.9. The lowest BCUT2D eigenvalue weighted by atomic mass is 10.0. The lowest BCUT2D eigenvalue weighted by molar-refractivity contribution is -0.153. The number of ether oxygens (including phenoxy) is 1. The molecule has 4 nitrogen and oxygen atoms in total. The molecule has 1 atom stereocenters. The molecule has 228 valence electrons. The van der Waals surface area contributed by atoms with E-state index >= 15 is 0 Å². The SMILES string of the molecule is CC/C=C\C/C=C\C/C=C\C/C=C\C/C=C\CCCC(=O)OC(CCCCCCCCCCCCC)CC(=O)O. The number of rotatable bonds is 28. The van der Waals surface area contributed by atoms with Crippen molar-refractivity contribution in [2.45, 2.75) is 155 Å². The summed E-state index contributed by atoms with van der Waals surface area (Å²) in [6, 6.07) is 0. The Bertz CT molecular complexity index is 729. The largest absolute Gasteiger partial charge is 0.481 e. The van der Waals surface area contributed by atoms with Crippen LogP contribution >= 0.6 is 0 Å². The fraction of sp³-hybridized carbons (Fsp3) is 0.667.